The molecule has 1 aliphatic rings. The lowest BCUT2D eigenvalue weighted by Crippen LogP contribution is -2.23. The van der Waals surface area contributed by atoms with Gasteiger partial charge in [-0.2, -0.15) is 0 Å². The molecule has 0 unspecified atom stereocenters. The maximum atomic E-state index is 13.0. The molecule has 0 amide bonds. The van der Waals surface area contributed by atoms with Gasteiger partial charge in [-0.05, 0) is 31.2 Å². The van der Waals surface area contributed by atoms with Gasteiger partial charge in [-0.15, -0.1) is 17.9 Å². The highest BCUT2D eigenvalue weighted by molar-refractivity contribution is 8.00. The summed E-state index contributed by atoms with van der Waals surface area (Å²) in [4.78, 5) is 19.7. The van der Waals surface area contributed by atoms with Gasteiger partial charge in [0.15, 0.2) is 5.16 Å². The molecule has 0 aliphatic heterocycles. The summed E-state index contributed by atoms with van der Waals surface area (Å²) in [6, 6.07) is 0. The Labute approximate surface area is 149 Å². The van der Waals surface area contributed by atoms with E-state index in [1.54, 1.807) is 22.0 Å². The molecule has 0 bridgehead atoms. The Balaban J connectivity index is 2.06. The van der Waals surface area contributed by atoms with Crippen molar-refractivity contribution < 1.29 is 8.42 Å². The van der Waals surface area contributed by atoms with Crippen LogP contribution in [0.25, 0.3) is 10.2 Å². The van der Waals surface area contributed by atoms with Gasteiger partial charge < -0.3 is 0 Å². The maximum Gasteiger partial charge on any atom is 0.263 e. The van der Waals surface area contributed by atoms with E-state index in [2.05, 4.69) is 11.6 Å². The van der Waals surface area contributed by atoms with E-state index in [1.165, 1.54) is 28.5 Å². The van der Waals surface area contributed by atoms with E-state index in [0.717, 1.165) is 35.9 Å². The topological polar surface area (TPSA) is 69.0 Å². The average Bonchev–Trinajstić information content (AvgIpc) is 2.88. The number of thiophene rings is 1. The normalized spacial score (nSPS) is 14.7. The minimum atomic E-state index is -3.03. The minimum absolute atomic E-state index is 0.0267. The van der Waals surface area contributed by atoms with Crippen molar-refractivity contribution in [1.82, 2.24) is 9.55 Å². The predicted molar refractivity (Wildman–Crippen MR) is 101 cm³/mol. The van der Waals surface area contributed by atoms with Gasteiger partial charge in [-0.3, -0.25) is 9.36 Å². The molecule has 0 atom stereocenters. The molecule has 3 rings (SSSR count). The van der Waals surface area contributed by atoms with Crippen LogP contribution in [0.2, 0.25) is 0 Å². The molecule has 0 spiro atoms. The summed E-state index contributed by atoms with van der Waals surface area (Å²) < 4.78 is 24.3. The lowest BCUT2D eigenvalue weighted by Gasteiger charge is -2.12. The van der Waals surface area contributed by atoms with Crippen molar-refractivity contribution in [3.63, 3.8) is 0 Å². The van der Waals surface area contributed by atoms with Crippen molar-refractivity contribution in [1.29, 1.82) is 0 Å². The van der Waals surface area contributed by atoms with Crippen LogP contribution < -0.4 is 5.56 Å². The standard InChI is InChI=1S/C16H20N2O3S3/c1-3-8-18-15(19)13-11-6-4-5-7-12(11)23-14(13)17-16(18)22-9-10-24(2,20)21/h3H,1,4-10H2,2H3. The Morgan fingerprint density at radius 2 is 2.12 bits per heavy atom. The van der Waals surface area contributed by atoms with E-state index in [9.17, 15) is 13.2 Å². The SMILES string of the molecule is C=CCn1c(SCCS(C)(=O)=O)nc2sc3c(c2c1=O)CCCC3. The number of sulfone groups is 1. The molecule has 24 heavy (non-hydrogen) atoms. The lowest BCUT2D eigenvalue weighted by molar-refractivity contribution is 0.603. The van der Waals surface area contributed by atoms with Crippen molar-refractivity contribution >= 4 is 43.2 Å². The maximum absolute atomic E-state index is 13.0. The number of hydrogen-bond donors (Lipinski definition) is 0. The van der Waals surface area contributed by atoms with Crippen LogP contribution in [0.5, 0.6) is 0 Å². The van der Waals surface area contributed by atoms with Crippen molar-refractivity contribution in [2.75, 3.05) is 17.8 Å². The summed E-state index contributed by atoms with van der Waals surface area (Å²) in [7, 11) is -3.03. The Morgan fingerprint density at radius 1 is 1.38 bits per heavy atom. The fourth-order valence-electron chi connectivity index (χ4n) is 2.90. The molecule has 0 saturated heterocycles. The van der Waals surface area contributed by atoms with Gasteiger partial charge in [0.2, 0.25) is 0 Å². The second-order valence-electron chi connectivity index (χ2n) is 5.97. The molecule has 5 nitrogen and oxygen atoms in total. The molecule has 2 aromatic rings. The number of allylic oxidation sites excluding steroid dienone is 1. The summed E-state index contributed by atoms with van der Waals surface area (Å²) in [5, 5.41) is 1.33. The van der Waals surface area contributed by atoms with Crippen LogP contribution in [0.3, 0.4) is 0 Å². The monoisotopic (exact) mass is 384 g/mol. The fraction of sp³-hybridized carbons (Fsp3) is 0.500. The van der Waals surface area contributed by atoms with Gasteiger partial charge in [0, 0.05) is 23.4 Å². The third kappa shape index (κ3) is 3.60. The van der Waals surface area contributed by atoms with Crippen LogP contribution in [-0.4, -0.2) is 35.7 Å². The molecule has 0 N–H and O–H groups in total. The molecule has 0 aromatic carbocycles. The minimum Gasteiger partial charge on any atom is -0.283 e. The molecule has 0 radical (unpaired) electrons. The van der Waals surface area contributed by atoms with Gasteiger partial charge >= 0.3 is 0 Å². The average molecular weight is 385 g/mol. The number of thioether (sulfide) groups is 1. The van der Waals surface area contributed by atoms with Crippen molar-refractivity contribution in [3.8, 4) is 0 Å². The van der Waals surface area contributed by atoms with Crippen molar-refractivity contribution in [2.24, 2.45) is 0 Å². The third-order valence-electron chi connectivity index (χ3n) is 4.04. The molecule has 0 saturated carbocycles. The number of nitrogens with zero attached hydrogens (tertiary/aromatic N) is 2. The summed E-state index contributed by atoms with van der Waals surface area (Å²) in [6.07, 6.45) is 7.14. The van der Waals surface area contributed by atoms with Gasteiger partial charge in [0.05, 0.1) is 11.1 Å². The number of aromatic nitrogens is 2. The predicted octanol–water partition coefficient (Wildman–Crippen LogP) is 2.66. The molecular weight excluding hydrogens is 364 g/mol. The zero-order valence-electron chi connectivity index (χ0n) is 13.6. The highest BCUT2D eigenvalue weighted by atomic mass is 32.2. The van der Waals surface area contributed by atoms with E-state index in [0.29, 0.717) is 17.5 Å². The molecule has 2 heterocycles. The fourth-order valence-corrected chi connectivity index (χ4v) is 6.41. The van der Waals surface area contributed by atoms with Crippen LogP contribution in [0.1, 0.15) is 23.3 Å². The first-order valence-corrected chi connectivity index (χ1v) is 11.7. The van der Waals surface area contributed by atoms with E-state index in [1.807, 2.05) is 0 Å². The van der Waals surface area contributed by atoms with Crippen LogP contribution in [0.4, 0.5) is 0 Å². The van der Waals surface area contributed by atoms with Crippen molar-refractivity contribution in [2.45, 2.75) is 37.4 Å². The van der Waals surface area contributed by atoms with Gasteiger partial charge in [-0.25, -0.2) is 13.4 Å². The molecule has 0 fully saturated rings. The Morgan fingerprint density at radius 3 is 2.83 bits per heavy atom. The van der Waals surface area contributed by atoms with Gasteiger partial charge in [-0.1, -0.05) is 17.8 Å². The van der Waals surface area contributed by atoms with Crippen molar-refractivity contribution in [3.05, 3.63) is 33.4 Å². The second kappa shape index (κ2) is 7.01. The summed E-state index contributed by atoms with van der Waals surface area (Å²) in [6.45, 7) is 4.11. The van der Waals surface area contributed by atoms with E-state index in [4.69, 9.17) is 0 Å². The largest absolute Gasteiger partial charge is 0.283 e. The Kier molecular flexibility index (Phi) is 5.17. The van der Waals surface area contributed by atoms with Crippen LogP contribution in [0.15, 0.2) is 22.6 Å². The second-order valence-corrected chi connectivity index (χ2v) is 10.4. The smallest absolute Gasteiger partial charge is 0.263 e. The first-order chi connectivity index (χ1) is 11.4. The summed E-state index contributed by atoms with van der Waals surface area (Å²) >= 11 is 2.93. The summed E-state index contributed by atoms with van der Waals surface area (Å²) in [5.74, 6) is 0.458. The third-order valence-corrected chi connectivity index (χ3v) is 7.40. The first kappa shape index (κ1) is 17.7. The Hall–Kier alpha value is -1.12. The highest BCUT2D eigenvalue weighted by Crippen LogP contribution is 2.34. The van der Waals surface area contributed by atoms with Crippen LogP contribution >= 0.6 is 23.1 Å². The highest BCUT2D eigenvalue weighted by Gasteiger charge is 2.22. The molecule has 2 aromatic heterocycles. The number of aryl methyl sites for hydroxylation is 2. The van der Waals surface area contributed by atoms with Crippen LogP contribution in [-0.2, 0) is 29.2 Å². The van der Waals surface area contributed by atoms with Gasteiger partial charge in [0.1, 0.15) is 14.7 Å². The quantitative estimate of drug-likeness (QED) is 0.435. The summed E-state index contributed by atoms with van der Waals surface area (Å²) in [5.41, 5.74) is 1.14. The first-order valence-electron chi connectivity index (χ1n) is 7.87. The lowest BCUT2D eigenvalue weighted by atomic mass is 9.97. The zero-order valence-corrected chi connectivity index (χ0v) is 16.0. The van der Waals surface area contributed by atoms with Crippen LogP contribution in [0, 0.1) is 0 Å². The molecular formula is C16H20N2O3S3. The van der Waals surface area contributed by atoms with E-state index >= 15 is 0 Å². The Bertz CT molecular complexity index is 942. The zero-order chi connectivity index (χ0) is 17.3. The number of hydrogen-bond acceptors (Lipinski definition) is 6. The number of rotatable bonds is 6. The van der Waals surface area contributed by atoms with E-state index in [-0.39, 0.29) is 11.3 Å². The van der Waals surface area contributed by atoms with E-state index < -0.39 is 9.84 Å². The van der Waals surface area contributed by atoms with Gasteiger partial charge in [0.25, 0.3) is 5.56 Å². The molecule has 130 valence electrons. The molecule has 8 heteroatoms. The molecule has 1 aliphatic carbocycles. The number of fused-ring (bicyclic) bond motifs is 3.